The molecule has 0 saturated carbocycles. The zero-order chi connectivity index (χ0) is 10.8. The monoisotopic (exact) mass is 310 g/mol. The SMILES string of the molecule is O=C(O)O.O=P(O)(O)O.[Ca+2].[H-].[H-].[H-].[H-].[Na+].[Na+].[O]=[Al][OH]. The molecule has 0 aliphatic rings. The summed E-state index contributed by atoms with van der Waals surface area (Å²) in [7, 11) is -4.64. The van der Waals surface area contributed by atoms with E-state index in [0.717, 1.165) is 0 Å². The molecule has 0 aromatic carbocycles. The third-order valence-electron chi connectivity index (χ3n) is 0. The van der Waals surface area contributed by atoms with Gasteiger partial charge in [-0.2, -0.15) is 0 Å². The first-order valence-electron chi connectivity index (χ1n) is 1.93. The molecule has 0 fully saturated rings. The Morgan fingerprint density at radius 1 is 1.13 bits per heavy atom. The molecule has 0 saturated heterocycles. The van der Waals surface area contributed by atoms with Crippen LogP contribution in [0.4, 0.5) is 4.79 Å². The summed E-state index contributed by atoms with van der Waals surface area (Å²) in [5.41, 5.74) is 0. The fourth-order valence-corrected chi connectivity index (χ4v) is 0. The van der Waals surface area contributed by atoms with E-state index in [0.29, 0.717) is 0 Å². The quantitative estimate of drug-likeness (QED) is 0.188. The van der Waals surface area contributed by atoms with E-state index in [4.69, 9.17) is 42.2 Å². The predicted molar refractivity (Wildman–Crippen MR) is 43.8 cm³/mol. The van der Waals surface area contributed by atoms with Crippen LogP contribution in [-0.2, 0) is 8.37 Å². The van der Waals surface area contributed by atoms with Gasteiger partial charge in [-0.25, -0.2) is 9.36 Å². The second kappa shape index (κ2) is 25.6. The molecule has 0 bridgehead atoms. The molecule has 14 heteroatoms. The van der Waals surface area contributed by atoms with Gasteiger partial charge in [0.1, 0.15) is 0 Å². The van der Waals surface area contributed by atoms with Crippen LogP contribution in [0.25, 0.3) is 0 Å². The van der Waals surface area contributed by atoms with Gasteiger partial charge in [0.05, 0.1) is 0 Å². The average Bonchev–Trinajstić information content (AvgIpc) is 1.56. The standard InChI is InChI=1S/CH2O3.Al.Ca.2Na.H3O4P.H2O.O.4H/c2-1(3)4;;;;;1-5(2,3)4;;;;;;/h(H2,2,3,4);;;;;(H3,1,2,3,4);1H2;;;;;/q;+1;+2;2*+1;;;;4*-1/p-1. The number of hydrogen-bond acceptors (Lipinski definition) is 3. The van der Waals surface area contributed by atoms with Crippen molar-refractivity contribution >= 4 is 67.2 Å². The molecule has 0 unspecified atom stereocenters. The van der Waals surface area contributed by atoms with E-state index in [9.17, 15) is 0 Å². The van der Waals surface area contributed by atoms with Crippen molar-refractivity contribution in [3.8, 4) is 0 Å². The molecule has 0 radical (unpaired) electrons. The summed E-state index contributed by atoms with van der Waals surface area (Å²) < 4.78 is 24.5. The molecule has 0 rings (SSSR count). The third-order valence-corrected chi connectivity index (χ3v) is 0. The van der Waals surface area contributed by atoms with E-state index in [-0.39, 0.29) is 103 Å². The van der Waals surface area contributed by atoms with Crippen LogP contribution in [0.2, 0.25) is 0 Å². The average molecular weight is 310 g/mol. The zero-order valence-corrected chi connectivity index (χ0v) is 16.4. The Hall–Kier alpha value is 2.77. The molecule has 0 aliphatic carbocycles. The molecular formula is CH10AlCaNa2O9P. The number of phosphoric acid groups is 1. The van der Waals surface area contributed by atoms with Gasteiger partial charge in [0, 0.05) is 0 Å². The van der Waals surface area contributed by atoms with Gasteiger partial charge in [-0.1, -0.05) is 0 Å². The maximum atomic E-state index is 8.88. The molecule has 0 atom stereocenters. The van der Waals surface area contributed by atoms with Crippen molar-refractivity contribution in [3.63, 3.8) is 0 Å². The van der Waals surface area contributed by atoms with Gasteiger partial charge in [0.25, 0.3) is 0 Å². The molecular weight excluding hydrogens is 300 g/mol. The maximum absolute atomic E-state index is 8.88. The summed E-state index contributed by atoms with van der Waals surface area (Å²) in [5.74, 6) is 0. The Labute approximate surface area is 171 Å². The molecule has 0 aromatic rings. The van der Waals surface area contributed by atoms with Gasteiger partial charge < -0.3 is 30.6 Å². The van der Waals surface area contributed by atoms with Crippen LogP contribution in [0.3, 0.4) is 0 Å². The van der Waals surface area contributed by atoms with Gasteiger partial charge >= 0.3 is 134 Å². The van der Waals surface area contributed by atoms with Crippen LogP contribution in [0.15, 0.2) is 0 Å². The fourth-order valence-electron chi connectivity index (χ4n) is 0. The van der Waals surface area contributed by atoms with E-state index in [1.54, 1.807) is 0 Å². The van der Waals surface area contributed by atoms with Crippen LogP contribution in [0.5, 0.6) is 0 Å². The Morgan fingerprint density at radius 3 is 1.13 bits per heavy atom. The summed E-state index contributed by atoms with van der Waals surface area (Å²) in [5, 5.41) is 13.9. The minimum absolute atomic E-state index is 0. The number of hydrogen-bond donors (Lipinski definition) is 6. The van der Waals surface area contributed by atoms with E-state index >= 15 is 0 Å². The Balaban J connectivity index is -0.00000000687. The Bertz CT molecular complexity index is 173. The number of carbonyl (C=O) groups is 1. The van der Waals surface area contributed by atoms with Crippen LogP contribution in [-0.4, -0.2) is 88.4 Å². The van der Waals surface area contributed by atoms with Crippen LogP contribution in [0.1, 0.15) is 5.71 Å². The van der Waals surface area contributed by atoms with Gasteiger partial charge in [0.2, 0.25) is 0 Å². The van der Waals surface area contributed by atoms with Gasteiger partial charge in [-0.15, -0.1) is 0 Å². The molecule has 0 amide bonds. The third kappa shape index (κ3) is 476. The summed E-state index contributed by atoms with van der Waals surface area (Å²) in [6, 6.07) is 0. The molecule has 15 heavy (non-hydrogen) atoms. The molecule has 0 spiro atoms. The van der Waals surface area contributed by atoms with E-state index < -0.39 is 29.5 Å². The molecule has 0 aliphatic heterocycles. The van der Waals surface area contributed by atoms with Crippen molar-refractivity contribution in [2.45, 2.75) is 0 Å². The van der Waals surface area contributed by atoms with Crippen molar-refractivity contribution in [2.75, 3.05) is 0 Å². The van der Waals surface area contributed by atoms with Crippen LogP contribution >= 0.6 is 7.82 Å². The van der Waals surface area contributed by atoms with E-state index in [2.05, 4.69) is 0 Å². The Morgan fingerprint density at radius 2 is 1.13 bits per heavy atom. The summed E-state index contributed by atoms with van der Waals surface area (Å²) >= 11 is -1.50. The van der Waals surface area contributed by atoms with Gasteiger partial charge in [-0.05, 0) is 0 Å². The second-order valence-corrected chi connectivity index (χ2v) is 2.14. The fraction of sp³-hybridized carbons (Fsp3) is 0. The molecule has 0 heterocycles. The number of rotatable bonds is 0. The molecule has 0 aromatic heterocycles. The van der Waals surface area contributed by atoms with E-state index in [1.807, 2.05) is 0 Å². The van der Waals surface area contributed by atoms with Gasteiger partial charge in [0.15, 0.2) is 0 Å². The molecule has 9 nitrogen and oxygen atoms in total. The first-order chi connectivity index (χ1) is 5.15. The first kappa shape index (κ1) is 36.1. The van der Waals surface area contributed by atoms with Crippen molar-refractivity contribution < 1.29 is 107 Å². The topological polar surface area (TPSA) is 173 Å². The summed E-state index contributed by atoms with van der Waals surface area (Å²) in [4.78, 5) is 30.1. The van der Waals surface area contributed by atoms with Crippen molar-refractivity contribution in [2.24, 2.45) is 0 Å². The molecule has 6 N–H and O–H groups in total. The minimum atomic E-state index is -4.64. The van der Waals surface area contributed by atoms with Crippen molar-refractivity contribution in [1.29, 1.82) is 0 Å². The first-order valence-corrected chi connectivity index (χ1v) is 4.48. The zero-order valence-electron chi connectivity index (χ0n) is 12.1. The van der Waals surface area contributed by atoms with Crippen LogP contribution < -0.4 is 59.1 Å². The predicted octanol–water partition coefficient (Wildman–Crippen LogP) is -7.69. The van der Waals surface area contributed by atoms with E-state index in [1.165, 1.54) is 0 Å². The normalized spacial score (nSPS) is 6.07. The van der Waals surface area contributed by atoms with Crippen molar-refractivity contribution in [3.05, 3.63) is 0 Å². The van der Waals surface area contributed by atoms with Gasteiger partial charge in [-0.3, -0.25) is 0 Å². The summed E-state index contributed by atoms with van der Waals surface area (Å²) in [6.45, 7) is 0. The Kier molecular flexibility index (Phi) is 61.5. The number of carboxylic acid groups (broad SMARTS) is 2. The van der Waals surface area contributed by atoms with Crippen molar-refractivity contribution in [1.82, 2.24) is 0 Å². The second-order valence-electron chi connectivity index (χ2n) is 0.901. The molecule has 80 valence electrons. The van der Waals surface area contributed by atoms with Crippen LogP contribution in [0, 0.1) is 0 Å². The summed E-state index contributed by atoms with van der Waals surface area (Å²) in [6.07, 6.45) is -1.83.